The summed E-state index contributed by atoms with van der Waals surface area (Å²) in [6, 6.07) is 4.81. The van der Waals surface area contributed by atoms with Gasteiger partial charge in [-0.25, -0.2) is 0 Å². The van der Waals surface area contributed by atoms with Crippen molar-refractivity contribution >= 4 is 17.3 Å². The van der Waals surface area contributed by atoms with Crippen molar-refractivity contribution in [3.63, 3.8) is 0 Å². The van der Waals surface area contributed by atoms with Gasteiger partial charge < -0.3 is 16.8 Å². The average Bonchev–Trinajstić information content (AvgIpc) is 2.16. The minimum atomic E-state index is -0.171. The van der Waals surface area contributed by atoms with E-state index in [4.69, 9.17) is 11.5 Å². The van der Waals surface area contributed by atoms with E-state index in [1.807, 2.05) is 0 Å². The normalized spacial score (nSPS) is 9.60. The lowest BCUT2D eigenvalue weighted by molar-refractivity contribution is 0.0954. The number of nitrogen functional groups attached to an aromatic ring is 2. The third-order valence-electron chi connectivity index (χ3n) is 1.87. The first-order valence-corrected chi connectivity index (χ1v) is 4.68. The lowest BCUT2D eigenvalue weighted by atomic mass is 10.1. The molecule has 4 nitrogen and oxygen atoms in total. The van der Waals surface area contributed by atoms with E-state index in [0.717, 1.165) is 6.42 Å². The maximum absolute atomic E-state index is 11.6. The highest BCUT2D eigenvalue weighted by molar-refractivity contribution is 5.96. The first-order chi connectivity index (χ1) is 7.13. The van der Waals surface area contributed by atoms with E-state index in [1.165, 1.54) is 0 Å². The number of hydrogen-bond donors (Lipinski definition) is 3. The molecule has 0 aliphatic heterocycles. The second-order valence-electron chi connectivity index (χ2n) is 3.22. The van der Waals surface area contributed by atoms with Gasteiger partial charge in [0.15, 0.2) is 0 Å². The van der Waals surface area contributed by atoms with Gasteiger partial charge in [0.2, 0.25) is 0 Å². The van der Waals surface area contributed by atoms with E-state index < -0.39 is 0 Å². The molecule has 0 spiro atoms. The number of nitrogens with one attached hydrogen (secondary N) is 1. The Balaban J connectivity index is 2.69. The highest BCUT2D eigenvalue weighted by atomic mass is 16.1. The Morgan fingerprint density at radius 1 is 1.33 bits per heavy atom. The lowest BCUT2D eigenvalue weighted by Gasteiger charge is -2.05. The van der Waals surface area contributed by atoms with Crippen LogP contribution in [0, 0.1) is 0 Å². The zero-order valence-electron chi connectivity index (χ0n) is 8.49. The van der Waals surface area contributed by atoms with Crippen molar-refractivity contribution in [3.8, 4) is 0 Å². The molecule has 0 radical (unpaired) electrons. The standard InChI is InChI=1S/C11H15N3O/c1-2-3-4-14-11(15)8-5-9(12)7-10(13)6-8/h2,5-7H,1,3-4,12-13H2,(H,14,15). The van der Waals surface area contributed by atoms with Crippen LogP contribution in [0.5, 0.6) is 0 Å². The van der Waals surface area contributed by atoms with E-state index in [9.17, 15) is 4.79 Å². The molecule has 1 aromatic carbocycles. The molecule has 0 unspecified atom stereocenters. The van der Waals surface area contributed by atoms with Crippen LogP contribution in [0.1, 0.15) is 16.8 Å². The number of rotatable bonds is 4. The predicted octanol–water partition coefficient (Wildman–Crippen LogP) is 1.16. The van der Waals surface area contributed by atoms with Gasteiger partial charge >= 0.3 is 0 Å². The van der Waals surface area contributed by atoms with E-state index in [1.54, 1.807) is 24.3 Å². The maximum Gasteiger partial charge on any atom is 0.251 e. The van der Waals surface area contributed by atoms with Crippen LogP contribution in [-0.2, 0) is 0 Å². The Hall–Kier alpha value is -1.97. The zero-order chi connectivity index (χ0) is 11.3. The summed E-state index contributed by atoms with van der Waals surface area (Å²) < 4.78 is 0. The SMILES string of the molecule is C=CCCNC(=O)c1cc(N)cc(N)c1. The summed E-state index contributed by atoms with van der Waals surface area (Å²) in [5.74, 6) is -0.171. The number of carbonyl (C=O) groups is 1. The largest absolute Gasteiger partial charge is 0.399 e. The van der Waals surface area contributed by atoms with E-state index in [2.05, 4.69) is 11.9 Å². The highest BCUT2D eigenvalue weighted by Crippen LogP contribution is 2.13. The smallest absolute Gasteiger partial charge is 0.251 e. The first-order valence-electron chi connectivity index (χ1n) is 4.68. The number of nitrogens with two attached hydrogens (primary N) is 2. The Morgan fingerprint density at radius 2 is 1.93 bits per heavy atom. The van der Waals surface area contributed by atoms with Crippen LogP contribution < -0.4 is 16.8 Å². The minimum Gasteiger partial charge on any atom is -0.399 e. The highest BCUT2D eigenvalue weighted by Gasteiger charge is 2.05. The van der Waals surface area contributed by atoms with Crippen LogP contribution in [0.2, 0.25) is 0 Å². The fraction of sp³-hybridized carbons (Fsp3) is 0.182. The number of benzene rings is 1. The zero-order valence-corrected chi connectivity index (χ0v) is 8.49. The maximum atomic E-state index is 11.6. The van der Waals surface area contributed by atoms with Gasteiger partial charge in [-0.15, -0.1) is 6.58 Å². The van der Waals surface area contributed by atoms with Crippen LogP contribution >= 0.6 is 0 Å². The van der Waals surface area contributed by atoms with Crippen molar-refractivity contribution in [2.24, 2.45) is 0 Å². The van der Waals surface area contributed by atoms with Crippen LogP contribution in [0.15, 0.2) is 30.9 Å². The van der Waals surface area contributed by atoms with Crippen molar-refractivity contribution in [1.29, 1.82) is 0 Å². The molecule has 0 aromatic heterocycles. The fourth-order valence-electron chi connectivity index (χ4n) is 1.20. The number of amides is 1. The predicted molar refractivity (Wildman–Crippen MR) is 62.4 cm³/mol. The Labute approximate surface area is 89.0 Å². The molecule has 4 heteroatoms. The van der Waals surface area contributed by atoms with Crippen molar-refractivity contribution in [3.05, 3.63) is 36.4 Å². The van der Waals surface area contributed by atoms with E-state index in [-0.39, 0.29) is 5.91 Å². The van der Waals surface area contributed by atoms with Gasteiger partial charge in [0.1, 0.15) is 0 Å². The molecule has 0 aliphatic rings. The van der Waals surface area contributed by atoms with Gasteiger partial charge in [0, 0.05) is 23.5 Å². The molecular formula is C11H15N3O. The summed E-state index contributed by atoms with van der Waals surface area (Å²) in [7, 11) is 0. The summed E-state index contributed by atoms with van der Waals surface area (Å²) >= 11 is 0. The molecule has 1 rings (SSSR count). The van der Waals surface area contributed by atoms with Crippen molar-refractivity contribution in [1.82, 2.24) is 5.32 Å². The van der Waals surface area contributed by atoms with Gasteiger partial charge in [0.25, 0.3) is 5.91 Å². The topological polar surface area (TPSA) is 81.1 Å². The summed E-state index contributed by atoms with van der Waals surface area (Å²) in [4.78, 5) is 11.6. The summed E-state index contributed by atoms with van der Waals surface area (Å²) in [6.45, 7) is 4.13. The molecule has 80 valence electrons. The van der Waals surface area contributed by atoms with Crippen LogP contribution in [0.3, 0.4) is 0 Å². The van der Waals surface area contributed by atoms with Gasteiger partial charge in [0.05, 0.1) is 0 Å². The number of anilines is 2. The average molecular weight is 205 g/mol. The molecule has 15 heavy (non-hydrogen) atoms. The monoisotopic (exact) mass is 205 g/mol. The van der Waals surface area contributed by atoms with Crippen LogP contribution in [-0.4, -0.2) is 12.5 Å². The first kappa shape index (κ1) is 11.1. The van der Waals surface area contributed by atoms with Crippen LogP contribution in [0.4, 0.5) is 11.4 Å². The molecule has 1 aromatic rings. The van der Waals surface area contributed by atoms with Crippen molar-refractivity contribution < 1.29 is 4.79 Å². The molecule has 0 saturated heterocycles. The van der Waals surface area contributed by atoms with Gasteiger partial charge in [-0.1, -0.05) is 6.08 Å². The molecular weight excluding hydrogens is 190 g/mol. The number of carbonyl (C=O) groups excluding carboxylic acids is 1. The molecule has 5 N–H and O–H groups in total. The van der Waals surface area contributed by atoms with E-state index in [0.29, 0.717) is 23.5 Å². The summed E-state index contributed by atoms with van der Waals surface area (Å²) in [5.41, 5.74) is 12.6. The Morgan fingerprint density at radius 3 is 2.47 bits per heavy atom. The van der Waals surface area contributed by atoms with Gasteiger partial charge in [-0.05, 0) is 24.6 Å². The molecule has 1 amide bonds. The quantitative estimate of drug-likeness (QED) is 0.392. The second kappa shape index (κ2) is 5.05. The molecule has 0 aliphatic carbocycles. The Kier molecular flexibility index (Phi) is 3.74. The van der Waals surface area contributed by atoms with Crippen molar-refractivity contribution in [2.45, 2.75) is 6.42 Å². The third-order valence-corrected chi connectivity index (χ3v) is 1.87. The van der Waals surface area contributed by atoms with Crippen LogP contribution in [0.25, 0.3) is 0 Å². The molecule has 0 atom stereocenters. The lowest BCUT2D eigenvalue weighted by Crippen LogP contribution is -2.24. The summed E-state index contributed by atoms with van der Waals surface area (Å²) in [5, 5.41) is 2.73. The Bertz CT molecular complexity index is 354. The van der Waals surface area contributed by atoms with E-state index >= 15 is 0 Å². The molecule has 0 saturated carbocycles. The van der Waals surface area contributed by atoms with Gasteiger partial charge in [-0.3, -0.25) is 4.79 Å². The molecule has 0 fully saturated rings. The second-order valence-corrected chi connectivity index (χ2v) is 3.22. The van der Waals surface area contributed by atoms with Crippen molar-refractivity contribution in [2.75, 3.05) is 18.0 Å². The number of hydrogen-bond acceptors (Lipinski definition) is 3. The minimum absolute atomic E-state index is 0.171. The third kappa shape index (κ3) is 3.34. The molecule has 0 heterocycles. The fourth-order valence-corrected chi connectivity index (χ4v) is 1.20. The summed E-state index contributed by atoms with van der Waals surface area (Å²) in [6.07, 6.45) is 2.48. The molecule has 0 bridgehead atoms. The van der Waals surface area contributed by atoms with Gasteiger partial charge in [-0.2, -0.15) is 0 Å².